The summed E-state index contributed by atoms with van der Waals surface area (Å²) in [6.45, 7) is 4.62. The quantitative estimate of drug-likeness (QED) is 0.147. The molecule has 214 valence electrons. The number of carbonyl (C=O) groups excluding carboxylic acids is 2. The lowest BCUT2D eigenvalue weighted by Crippen LogP contribution is -2.29. The zero-order chi connectivity index (χ0) is 29.2. The summed E-state index contributed by atoms with van der Waals surface area (Å²) in [6, 6.07) is 23.0. The second-order valence-electron chi connectivity index (χ2n) is 10.4. The van der Waals surface area contributed by atoms with Crippen molar-refractivity contribution in [2.24, 2.45) is 0 Å². The van der Waals surface area contributed by atoms with Gasteiger partial charge in [-0.05, 0) is 73.0 Å². The number of amides is 1. The summed E-state index contributed by atoms with van der Waals surface area (Å²) in [5.41, 5.74) is 2.98. The second-order valence-corrected chi connectivity index (χ2v) is 10.4. The fraction of sp³-hybridized carbons (Fsp3) is 0.235. The van der Waals surface area contributed by atoms with Crippen LogP contribution in [0.5, 0.6) is 17.2 Å². The van der Waals surface area contributed by atoms with Crippen LogP contribution in [-0.2, 0) is 29.2 Å². The Labute approximate surface area is 243 Å². The summed E-state index contributed by atoms with van der Waals surface area (Å²) in [6.07, 6.45) is 2.23. The van der Waals surface area contributed by atoms with E-state index in [4.69, 9.17) is 18.6 Å². The van der Waals surface area contributed by atoms with Crippen LogP contribution in [0.3, 0.4) is 0 Å². The molecule has 2 aliphatic heterocycles. The lowest BCUT2D eigenvalue weighted by atomic mass is 9.94. The maximum Gasteiger partial charge on any atom is 0.296 e. The molecule has 0 saturated carbocycles. The predicted molar refractivity (Wildman–Crippen MR) is 155 cm³/mol. The molecule has 0 aliphatic carbocycles. The summed E-state index contributed by atoms with van der Waals surface area (Å²) >= 11 is 0. The fourth-order valence-electron chi connectivity index (χ4n) is 5.50. The minimum absolute atomic E-state index is 0.00104. The van der Waals surface area contributed by atoms with Crippen LogP contribution in [0.2, 0.25) is 0 Å². The molecule has 1 amide bonds. The van der Waals surface area contributed by atoms with Gasteiger partial charge in [-0.2, -0.15) is 0 Å². The van der Waals surface area contributed by atoms with Gasteiger partial charge in [0.1, 0.15) is 30.0 Å². The number of likely N-dealkylation sites (tertiary alicyclic amines) is 1. The Hall–Kier alpha value is -4.98. The van der Waals surface area contributed by atoms with Crippen molar-refractivity contribution < 1.29 is 33.3 Å². The maximum atomic E-state index is 13.5. The normalized spacial score (nSPS) is 19.0. The van der Waals surface area contributed by atoms with Gasteiger partial charge in [0.15, 0.2) is 11.5 Å². The zero-order valence-corrected chi connectivity index (χ0v) is 23.4. The monoisotopic (exact) mass is 565 g/mol. The number of fused-ring (bicyclic) bond motifs is 1. The number of benzene rings is 3. The van der Waals surface area contributed by atoms with Crippen LogP contribution in [0.4, 0.5) is 0 Å². The van der Waals surface area contributed by atoms with Gasteiger partial charge in [0.25, 0.3) is 11.7 Å². The molecule has 1 saturated heterocycles. The number of ether oxygens (including phenoxy) is 3. The van der Waals surface area contributed by atoms with Crippen LogP contribution in [0.15, 0.2) is 95.1 Å². The van der Waals surface area contributed by atoms with Crippen molar-refractivity contribution in [3.05, 3.63) is 119 Å². The summed E-state index contributed by atoms with van der Waals surface area (Å²) in [4.78, 5) is 28.4. The Morgan fingerprint density at radius 1 is 0.976 bits per heavy atom. The molecule has 2 aliphatic rings. The zero-order valence-electron chi connectivity index (χ0n) is 23.4. The van der Waals surface area contributed by atoms with E-state index in [9.17, 15) is 14.7 Å². The number of hydrogen-bond donors (Lipinski definition) is 1. The minimum Gasteiger partial charge on any atom is -0.507 e. The molecule has 0 unspecified atom stereocenters. The van der Waals surface area contributed by atoms with Gasteiger partial charge >= 0.3 is 0 Å². The van der Waals surface area contributed by atoms with E-state index in [1.807, 2.05) is 50.2 Å². The van der Waals surface area contributed by atoms with Gasteiger partial charge in [0.05, 0.1) is 31.0 Å². The van der Waals surface area contributed by atoms with Crippen molar-refractivity contribution in [2.75, 3.05) is 6.61 Å². The van der Waals surface area contributed by atoms with Crippen molar-refractivity contribution in [1.29, 1.82) is 0 Å². The van der Waals surface area contributed by atoms with Gasteiger partial charge in [-0.1, -0.05) is 36.4 Å². The number of aliphatic hydroxyl groups excluding tert-OH is 1. The molecule has 0 spiro atoms. The van der Waals surface area contributed by atoms with Crippen LogP contribution < -0.4 is 14.2 Å². The molecule has 0 radical (unpaired) electrons. The standard InChI is InChI=1S/C34H31NO7/c1-3-39-29-18-23(11-14-28(29)41-20-22-8-5-4-6-9-22)31-30(33(37)34(38)35(31)19-26-10-7-15-40-26)32(36)24-12-13-27-25(17-24)16-21(2)42-27/h4-15,17-18,21,31,36H,3,16,19-20H2,1-2H3/b32-30+/t21-,31+/m1/s1. The second kappa shape index (κ2) is 11.5. The minimum atomic E-state index is -0.888. The van der Waals surface area contributed by atoms with Crippen LogP contribution in [0, 0.1) is 0 Å². The largest absolute Gasteiger partial charge is 0.507 e. The van der Waals surface area contributed by atoms with Gasteiger partial charge in [0, 0.05) is 12.0 Å². The van der Waals surface area contributed by atoms with Gasteiger partial charge in [-0.25, -0.2) is 0 Å². The highest BCUT2D eigenvalue weighted by Crippen LogP contribution is 2.43. The average Bonchev–Trinajstić information content (AvgIpc) is 3.71. The number of furan rings is 1. The van der Waals surface area contributed by atoms with Gasteiger partial charge in [-0.3, -0.25) is 9.59 Å². The van der Waals surface area contributed by atoms with E-state index in [0.29, 0.717) is 48.0 Å². The highest BCUT2D eigenvalue weighted by Gasteiger charge is 2.46. The van der Waals surface area contributed by atoms with E-state index < -0.39 is 17.7 Å². The van der Waals surface area contributed by atoms with Crippen LogP contribution in [-0.4, -0.2) is 34.4 Å². The third-order valence-electron chi connectivity index (χ3n) is 7.44. The van der Waals surface area contributed by atoms with Crippen LogP contribution in [0.25, 0.3) is 5.76 Å². The SMILES string of the molecule is CCOc1cc([C@H]2/C(=C(\O)c3ccc4c(c3)C[C@@H](C)O4)C(=O)C(=O)N2Cc2ccco2)ccc1OCc1ccccc1. The molecule has 1 fully saturated rings. The summed E-state index contributed by atoms with van der Waals surface area (Å²) in [7, 11) is 0. The summed E-state index contributed by atoms with van der Waals surface area (Å²) in [5, 5.41) is 11.6. The number of Topliss-reactive ketones (excluding diaryl/α,β-unsaturated/α-hetero) is 1. The Balaban J connectivity index is 1.42. The number of hydrogen-bond acceptors (Lipinski definition) is 7. The molecular formula is C34H31NO7. The van der Waals surface area contributed by atoms with Gasteiger partial charge < -0.3 is 28.6 Å². The van der Waals surface area contributed by atoms with Gasteiger partial charge in [-0.15, -0.1) is 0 Å². The molecule has 8 nitrogen and oxygen atoms in total. The third kappa shape index (κ3) is 5.23. The lowest BCUT2D eigenvalue weighted by molar-refractivity contribution is -0.140. The molecule has 1 aromatic heterocycles. The Bertz CT molecular complexity index is 1640. The predicted octanol–water partition coefficient (Wildman–Crippen LogP) is 6.20. The van der Waals surface area contributed by atoms with Gasteiger partial charge in [0.2, 0.25) is 0 Å². The van der Waals surface area contributed by atoms with Crippen molar-refractivity contribution in [3.63, 3.8) is 0 Å². The number of rotatable bonds is 9. The highest BCUT2D eigenvalue weighted by molar-refractivity contribution is 6.46. The number of carbonyl (C=O) groups is 2. The maximum absolute atomic E-state index is 13.5. The molecule has 6 rings (SSSR count). The van der Waals surface area contributed by atoms with E-state index in [0.717, 1.165) is 16.9 Å². The lowest BCUT2D eigenvalue weighted by Gasteiger charge is -2.25. The molecule has 2 atom stereocenters. The van der Waals surface area contributed by atoms with E-state index in [2.05, 4.69) is 0 Å². The fourth-order valence-corrected chi connectivity index (χ4v) is 5.50. The highest BCUT2D eigenvalue weighted by atomic mass is 16.5. The van der Waals surface area contributed by atoms with Crippen LogP contribution in [0.1, 0.15) is 47.9 Å². The first-order valence-corrected chi connectivity index (χ1v) is 14.0. The molecule has 3 heterocycles. The topological polar surface area (TPSA) is 98.4 Å². The molecule has 8 heteroatoms. The summed E-state index contributed by atoms with van der Waals surface area (Å²) < 4.78 is 23.3. The Kier molecular flexibility index (Phi) is 7.44. The van der Waals surface area contributed by atoms with E-state index in [1.165, 1.54) is 11.2 Å². The molecule has 1 N–H and O–H groups in total. The summed E-state index contributed by atoms with van der Waals surface area (Å²) in [5.74, 6) is 0.526. The molecular weight excluding hydrogens is 534 g/mol. The van der Waals surface area contributed by atoms with E-state index in [1.54, 1.807) is 42.5 Å². The first-order chi connectivity index (χ1) is 20.4. The Morgan fingerprint density at radius 3 is 2.57 bits per heavy atom. The first-order valence-electron chi connectivity index (χ1n) is 14.0. The van der Waals surface area contributed by atoms with Crippen LogP contribution >= 0.6 is 0 Å². The molecule has 42 heavy (non-hydrogen) atoms. The van der Waals surface area contributed by atoms with E-state index >= 15 is 0 Å². The van der Waals surface area contributed by atoms with Crippen molar-refractivity contribution in [2.45, 2.75) is 45.6 Å². The van der Waals surface area contributed by atoms with Crippen molar-refractivity contribution in [1.82, 2.24) is 4.90 Å². The number of aliphatic hydroxyl groups is 1. The average molecular weight is 566 g/mol. The third-order valence-corrected chi connectivity index (χ3v) is 7.44. The molecule has 0 bridgehead atoms. The number of nitrogens with zero attached hydrogens (tertiary/aromatic N) is 1. The first kappa shape index (κ1) is 27.2. The Morgan fingerprint density at radius 2 is 1.81 bits per heavy atom. The van der Waals surface area contributed by atoms with Crippen molar-refractivity contribution >= 4 is 17.4 Å². The smallest absolute Gasteiger partial charge is 0.296 e. The molecule has 4 aromatic rings. The van der Waals surface area contributed by atoms with Crippen molar-refractivity contribution in [3.8, 4) is 17.2 Å². The molecule has 3 aromatic carbocycles. The number of ketones is 1. The van der Waals surface area contributed by atoms with E-state index in [-0.39, 0.29) is 24.0 Å².